The van der Waals surface area contributed by atoms with Crippen molar-refractivity contribution in [3.8, 4) is 6.07 Å². The van der Waals surface area contributed by atoms with Gasteiger partial charge < -0.3 is 10.2 Å². The van der Waals surface area contributed by atoms with Gasteiger partial charge in [-0.15, -0.1) is 0 Å². The first-order chi connectivity index (χ1) is 8.29. The van der Waals surface area contributed by atoms with E-state index in [2.05, 4.69) is 16.3 Å². The summed E-state index contributed by atoms with van der Waals surface area (Å²) in [5.41, 5.74) is 0. The summed E-state index contributed by atoms with van der Waals surface area (Å²) in [5.74, 6) is 0.857. The van der Waals surface area contributed by atoms with Gasteiger partial charge >= 0.3 is 0 Å². The van der Waals surface area contributed by atoms with E-state index in [0.29, 0.717) is 24.7 Å². The van der Waals surface area contributed by atoms with Crippen LogP contribution in [-0.4, -0.2) is 61.5 Å². The SMILES string of the molecule is N#CCCN1CCN(C(=O)CC2CNC2)CC1. The van der Waals surface area contributed by atoms with Crippen molar-refractivity contribution < 1.29 is 4.79 Å². The van der Waals surface area contributed by atoms with Crippen molar-refractivity contribution in [1.29, 1.82) is 5.26 Å². The topological polar surface area (TPSA) is 59.4 Å². The minimum absolute atomic E-state index is 0.302. The minimum atomic E-state index is 0.302. The fraction of sp³-hybridized carbons (Fsp3) is 0.833. The van der Waals surface area contributed by atoms with E-state index >= 15 is 0 Å². The second-order valence-corrected chi connectivity index (χ2v) is 4.86. The standard InChI is InChI=1S/C12H20N4O/c13-2-1-3-15-4-6-16(7-5-15)12(17)8-11-9-14-10-11/h11,14H,1,3-10H2. The molecule has 0 aromatic rings. The van der Waals surface area contributed by atoms with Crippen molar-refractivity contribution >= 4 is 5.91 Å². The van der Waals surface area contributed by atoms with E-state index in [1.165, 1.54) is 0 Å². The fourth-order valence-electron chi connectivity index (χ4n) is 2.30. The zero-order valence-electron chi connectivity index (χ0n) is 10.2. The molecule has 0 saturated carbocycles. The Morgan fingerprint density at radius 1 is 1.29 bits per heavy atom. The maximum atomic E-state index is 11.9. The minimum Gasteiger partial charge on any atom is -0.340 e. The predicted molar refractivity (Wildman–Crippen MR) is 64.2 cm³/mol. The average Bonchev–Trinajstić information content (AvgIpc) is 2.31. The molecule has 2 heterocycles. The molecule has 0 spiro atoms. The zero-order chi connectivity index (χ0) is 12.1. The number of nitriles is 1. The van der Waals surface area contributed by atoms with Gasteiger partial charge in [0, 0.05) is 45.6 Å². The highest BCUT2D eigenvalue weighted by molar-refractivity contribution is 5.76. The summed E-state index contributed by atoms with van der Waals surface area (Å²) >= 11 is 0. The lowest BCUT2D eigenvalue weighted by Gasteiger charge is -2.36. The largest absolute Gasteiger partial charge is 0.340 e. The summed E-state index contributed by atoms with van der Waals surface area (Å²) in [6.07, 6.45) is 1.28. The Bertz CT molecular complexity index is 300. The first kappa shape index (κ1) is 12.3. The normalized spacial score (nSPS) is 21.9. The molecule has 0 aromatic carbocycles. The first-order valence-electron chi connectivity index (χ1n) is 6.37. The van der Waals surface area contributed by atoms with Crippen LogP contribution in [-0.2, 0) is 4.79 Å². The molecule has 2 fully saturated rings. The molecule has 2 saturated heterocycles. The predicted octanol–water partition coefficient (Wildman–Crippen LogP) is -0.346. The van der Waals surface area contributed by atoms with E-state index in [1.807, 2.05) is 4.90 Å². The summed E-state index contributed by atoms with van der Waals surface area (Å²) in [4.78, 5) is 16.2. The van der Waals surface area contributed by atoms with Crippen LogP contribution in [0.1, 0.15) is 12.8 Å². The molecular formula is C12H20N4O. The van der Waals surface area contributed by atoms with Crippen LogP contribution in [0.3, 0.4) is 0 Å². The third-order valence-corrected chi connectivity index (χ3v) is 3.59. The van der Waals surface area contributed by atoms with Gasteiger partial charge in [-0.25, -0.2) is 0 Å². The highest BCUT2D eigenvalue weighted by Crippen LogP contribution is 2.12. The van der Waals surface area contributed by atoms with Crippen LogP contribution in [0, 0.1) is 17.2 Å². The maximum absolute atomic E-state index is 11.9. The number of rotatable bonds is 4. The van der Waals surface area contributed by atoms with Crippen molar-refractivity contribution in [1.82, 2.24) is 15.1 Å². The van der Waals surface area contributed by atoms with Crippen molar-refractivity contribution in [3.05, 3.63) is 0 Å². The van der Waals surface area contributed by atoms with Crippen molar-refractivity contribution in [3.63, 3.8) is 0 Å². The number of piperazine rings is 1. The van der Waals surface area contributed by atoms with E-state index in [-0.39, 0.29) is 0 Å². The van der Waals surface area contributed by atoms with Gasteiger partial charge in [0.2, 0.25) is 5.91 Å². The molecule has 0 bridgehead atoms. The Balaban J connectivity index is 1.67. The van der Waals surface area contributed by atoms with E-state index in [4.69, 9.17) is 5.26 Å². The number of carbonyl (C=O) groups is 1. The molecule has 5 nitrogen and oxygen atoms in total. The summed E-state index contributed by atoms with van der Waals surface area (Å²) < 4.78 is 0. The van der Waals surface area contributed by atoms with E-state index < -0.39 is 0 Å². The quantitative estimate of drug-likeness (QED) is 0.725. The third kappa shape index (κ3) is 3.42. The van der Waals surface area contributed by atoms with Crippen molar-refractivity contribution in [2.75, 3.05) is 45.8 Å². The van der Waals surface area contributed by atoms with Gasteiger partial charge in [-0.3, -0.25) is 9.69 Å². The van der Waals surface area contributed by atoms with Crippen LogP contribution in [0.2, 0.25) is 0 Å². The molecule has 94 valence electrons. The smallest absolute Gasteiger partial charge is 0.223 e. The van der Waals surface area contributed by atoms with Crippen LogP contribution < -0.4 is 5.32 Å². The molecule has 5 heteroatoms. The molecule has 1 N–H and O–H groups in total. The summed E-state index contributed by atoms with van der Waals surface area (Å²) in [7, 11) is 0. The molecular weight excluding hydrogens is 216 g/mol. The lowest BCUT2D eigenvalue weighted by molar-refractivity contribution is -0.134. The Morgan fingerprint density at radius 3 is 2.53 bits per heavy atom. The lowest BCUT2D eigenvalue weighted by Crippen LogP contribution is -2.51. The van der Waals surface area contributed by atoms with Gasteiger partial charge in [0.15, 0.2) is 0 Å². The molecule has 1 amide bonds. The second-order valence-electron chi connectivity index (χ2n) is 4.86. The highest BCUT2D eigenvalue weighted by Gasteiger charge is 2.25. The van der Waals surface area contributed by atoms with Crippen LogP contribution in [0.5, 0.6) is 0 Å². The van der Waals surface area contributed by atoms with E-state index in [1.54, 1.807) is 0 Å². The molecule has 2 rings (SSSR count). The molecule has 0 radical (unpaired) electrons. The molecule has 2 aliphatic rings. The van der Waals surface area contributed by atoms with Gasteiger partial charge in [0.05, 0.1) is 6.07 Å². The van der Waals surface area contributed by atoms with Crippen LogP contribution in [0.15, 0.2) is 0 Å². The van der Waals surface area contributed by atoms with E-state index in [0.717, 1.165) is 45.8 Å². The van der Waals surface area contributed by atoms with Gasteiger partial charge in [-0.1, -0.05) is 0 Å². The third-order valence-electron chi connectivity index (χ3n) is 3.59. The Labute approximate surface area is 102 Å². The summed E-state index contributed by atoms with van der Waals surface area (Å²) in [5, 5.41) is 11.7. The van der Waals surface area contributed by atoms with E-state index in [9.17, 15) is 4.79 Å². The summed E-state index contributed by atoms with van der Waals surface area (Å²) in [6, 6.07) is 2.16. The Hall–Kier alpha value is -1.12. The van der Waals surface area contributed by atoms with Gasteiger partial charge in [0.1, 0.15) is 0 Å². The Morgan fingerprint density at radius 2 is 2.00 bits per heavy atom. The zero-order valence-corrected chi connectivity index (χ0v) is 10.2. The lowest BCUT2D eigenvalue weighted by atomic mass is 9.98. The number of carbonyl (C=O) groups excluding carboxylic acids is 1. The average molecular weight is 236 g/mol. The van der Waals surface area contributed by atoms with Crippen LogP contribution in [0.4, 0.5) is 0 Å². The van der Waals surface area contributed by atoms with Gasteiger partial charge in [-0.2, -0.15) is 5.26 Å². The number of amides is 1. The summed E-state index contributed by atoms with van der Waals surface area (Å²) in [6.45, 7) is 6.30. The van der Waals surface area contributed by atoms with Crippen molar-refractivity contribution in [2.24, 2.45) is 5.92 Å². The van der Waals surface area contributed by atoms with Gasteiger partial charge in [-0.05, 0) is 19.0 Å². The highest BCUT2D eigenvalue weighted by atomic mass is 16.2. The van der Waals surface area contributed by atoms with Crippen LogP contribution in [0.25, 0.3) is 0 Å². The molecule has 0 atom stereocenters. The fourth-order valence-corrected chi connectivity index (χ4v) is 2.30. The number of hydrogen-bond acceptors (Lipinski definition) is 4. The monoisotopic (exact) mass is 236 g/mol. The molecule has 0 unspecified atom stereocenters. The number of nitrogens with one attached hydrogen (secondary N) is 1. The first-order valence-corrected chi connectivity index (χ1v) is 6.37. The molecule has 0 aliphatic carbocycles. The molecule has 2 aliphatic heterocycles. The maximum Gasteiger partial charge on any atom is 0.223 e. The Kier molecular flexibility index (Phi) is 4.35. The number of hydrogen-bond donors (Lipinski definition) is 1. The van der Waals surface area contributed by atoms with Gasteiger partial charge in [0.25, 0.3) is 0 Å². The van der Waals surface area contributed by atoms with Crippen molar-refractivity contribution in [2.45, 2.75) is 12.8 Å². The molecule has 0 aromatic heterocycles. The second kappa shape index (κ2) is 5.99. The van der Waals surface area contributed by atoms with Crippen LogP contribution >= 0.6 is 0 Å². The number of nitrogens with zero attached hydrogens (tertiary/aromatic N) is 3. The molecule has 17 heavy (non-hydrogen) atoms.